The molecule has 3 nitrogen and oxygen atoms in total. The van der Waals surface area contributed by atoms with Gasteiger partial charge in [-0.2, -0.15) is 26.3 Å². The Morgan fingerprint density at radius 2 is 1.63 bits per heavy atom. The molecule has 2 saturated heterocycles. The van der Waals surface area contributed by atoms with Gasteiger partial charge < -0.3 is 10.2 Å². The smallest absolute Gasteiger partial charge is 0.341 e. The summed E-state index contributed by atoms with van der Waals surface area (Å²) in [6.07, 6.45) is -11.9. The van der Waals surface area contributed by atoms with Crippen LogP contribution < -0.4 is 5.32 Å². The van der Waals surface area contributed by atoms with Crippen molar-refractivity contribution in [2.75, 3.05) is 26.2 Å². The maximum Gasteiger partial charge on any atom is 0.404 e. The van der Waals surface area contributed by atoms with Gasteiger partial charge in [0.1, 0.15) is 0 Å². The SMILES string of the molecule is O=C(C1CNC1)N1CCC(C(F)(F)F)(C(F)(F)F)C1. The van der Waals surface area contributed by atoms with Crippen molar-refractivity contribution in [3.63, 3.8) is 0 Å². The Labute approximate surface area is 104 Å². The monoisotopic (exact) mass is 290 g/mol. The fraction of sp³-hybridized carbons (Fsp3) is 0.900. The van der Waals surface area contributed by atoms with Gasteiger partial charge in [-0.25, -0.2) is 0 Å². The van der Waals surface area contributed by atoms with Crippen LogP contribution in [0.1, 0.15) is 6.42 Å². The highest BCUT2D eigenvalue weighted by molar-refractivity contribution is 5.80. The molecule has 2 fully saturated rings. The van der Waals surface area contributed by atoms with Crippen molar-refractivity contribution in [2.45, 2.75) is 18.8 Å². The molecular weight excluding hydrogens is 278 g/mol. The molecule has 19 heavy (non-hydrogen) atoms. The van der Waals surface area contributed by atoms with E-state index in [9.17, 15) is 31.1 Å². The zero-order valence-corrected chi connectivity index (χ0v) is 9.74. The predicted octanol–water partition coefficient (Wildman–Crippen LogP) is 1.55. The van der Waals surface area contributed by atoms with Crippen molar-refractivity contribution >= 4 is 5.91 Å². The number of rotatable bonds is 1. The third kappa shape index (κ3) is 2.17. The van der Waals surface area contributed by atoms with Gasteiger partial charge >= 0.3 is 12.4 Å². The van der Waals surface area contributed by atoms with E-state index < -0.39 is 49.1 Å². The number of nitrogens with one attached hydrogen (secondary N) is 1. The molecule has 0 bridgehead atoms. The van der Waals surface area contributed by atoms with Gasteiger partial charge in [-0.1, -0.05) is 0 Å². The second-order valence-corrected chi connectivity index (χ2v) is 4.94. The first-order chi connectivity index (χ1) is 8.58. The van der Waals surface area contributed by atoms with Crippen molar-refractivity contribution in [1.82, 2.24) is 10.2 Å². The van der Waals surface area contributed by atoms with Crippen LogP contribution in [0.25, 0.3) is 0 Å². The number of hydrogen-bond donors (Lipinski definition) is 1. The molecule has 2 heterocycles. The van der Waals surface area contributed by atoms with Gasteiger partial charge in [-0.3, -0.25) is 4.79 Å². The van der Waals surface area contributed by atoms with Gasteiger partial charge in [0, 0.05) is 26.2 Å². The number of nitrogens with zero attached hydrogens (tertiary/aromatic N) is 1. The summed E-state index contributed by atoms with van der Waals surface area (Å²) in [6, 6.07) is 0. The summed E-state index contributed by atoms with van der Waals surface area (Å²) >= 11 is 0. The van der Waals surface area contributed by atoms with Crippen LogP contribution in [0.3, 0.4) is 0 Å². The number of carbonyl (C=O) groups excluding carboxylic acids is 1. The molecule has 0 radical (unpaired) electrons. The fourth-order valence-electron chi connectivity index (χ4n) is 2.34. The van der Waals surface area contributed by atoms with Crippen LogP contribution in [-0.2, 0) is 4.79 Å². The Balaban J connectivity index is 2.18. The average molecular weight is 290 g/mol. The molecule has 2 aliphatic heterocycles. The Kier molecular flexibility index (Phi) is 3.23. The van der Waals surface area contributed by atoms with E-state index in [1.54, 1.807) is 0 Å². The molecule has 0 aromatic rings. The number of carbonyl (C=O) groups is 1. The lowest BCUT2D eigenvalue weighted by molar-refractivity contribution is -0.334. The highest BCUT2D eigenvalue weighted by Crippen LogP contribution is 2.55. The van der Waals surface area contributed by atoms with E-state index in [4.69, 9.17) is 0 Å². The summed E-state index contributed by atoms with van der Waals surface area (Å²) < 4.78 is 76.7. The Morgan fingerprint density at radius 3 is 1.95 bits per heavy atom. The molecule has 0 saturated carbocycles. The van der Waals surface area contributed by atoms with E-state index in [0.717, 1.165) is 0 Å². The molecule has 1 amide bonds. The molecule has 0 aromatic carbocycles. The molecule has 0 spiro atoms. The van der Waals surface area contributed by atoms with E-state index in [0.29, 0.717) is 18.0 Å². The minimum atomic E-state index is -5.40. The Morgan fingerprint density at radius 1 is 1.11 bits per heavy atom. The van der Waals surface area contributed by atoms with Gasteiger partial charge in [0.25, 0.3) is 0 Å². The van der Waals surface area contributed by atoms with Gasteiger partial charge in [-0.05, 0) is 6.42 Å². The molecule has 2 aliphatic rings. The largest absolute Gasteiger partial charge is 0.404 e. The first-order valence-corrected chi connectivity index (χ1v) is 5.71. The van der Waals surface area contributed by atoms with Gasteiger partial charge in [0.2, 0.25) is 5.91 Å². The highest BCUT2D eigenvalue weighted by Gasteiger charge is 2.73. The van der Waals surface area contributed by atoms with Crippen LogP contribution >= 0.6 is 0 Å². The van der Waals surface area contributed by atoms with E-state index in [1.807, 2.05) is 0 Å². The van der Waals surface area contributed by atoms with Crippen molar-refractivity contribution in [2.24, 2.45) is 11.3 Å². The summed E-state index contributed by atoms with van der Waals surface area (Å²) in [6.45, 7) is -1.22. The summed E-state index contributed by atoms with van der Waals surface area (Å²) in [5, 5.41) is 2.75. The van der Waals surface area contributed by atoms with E-state index in [-0.39, 0.29) is 0 Å². The van der Waals surface area contributed by atoms with Crippen LogP contribution in [0, 0.1) is 11.3 Å². The van der Waals surface area contributed by atoms with Crippen molar-refractivity contribution in [1.29, 1.82) is 0 Å². The lowest BCUT2D eigenvalue weighted by Gasteiger charge is -2.35. The zero-order chi connectivity index (χ0) is 14.5. The van der Waals surface area contributed by atoms with E-state index in [1.165, 1.54) is 0 Å². The second-order valence-electron chi connectivity index (χ2n) is 4.94. The second kappa shape index (κ2) is 4.26. The third-order valence-electron chi connectivity index (χ3n) is 3.80. The summed E-state index contributed by atoms with van der Waals surface area (Å²) in [5.74, 6) is -1.13. The van der Waals surface area contributed by atoms with Gasteiger partial charge in [0.05, 0.1) is 5.92 Å². The first kappa shape index (κ1) is 14.4. The Bertz CT molecular complexity index is 359. The van der Waals surface area contributed by atoms with E-state index >= 15 is 0 Å². The number of likely N-dealkylation sites (tertiary alicyclic amines) is 1. The van der Waals surface area contributed by atoms with Gasteiger partial charge in [0.15, 0.2) is 5.41 Å². The predicted molar refractivity (Wildman–Crippen MR) is 52.1 cm³/mol. The van der Waals surface area contributed by atoms with Crippen LogP contribution in [0.15, 0.2) is 0 Å². The van der Waals surface area contributed by atoms with E-state index in [2.05, 4.69) is 5.32 Å². The molecule has 9 heteroatoms. The standard InChI is InChI=1S/C10H12F6N2O/c11-9(12,13)8(10(14,15)16)1-2-18(5-8)7(19)6-3-17-4-6/h6,17H,1-5H2. The molecule has 0 aromatic heterocycles. The summed E-state index contributed by atoms with van der Waals surface area (Å²) in [7, 11) is 0. The zero-order valence-electron chi connectivity index (χ0n) is 9.74. The lowest BCUT2D eigenvalue weighted by Crippen LogP contribution is -2.55. The number of alkyl halides is 6. The highest BCUT2D eigenvalue weighted by atomic mass is 19.4. The van der Waals surface area contributed by atoms with Crippen molar-refractivity contribution < 1.29 is 31.1 Å². The minimum absolute atomic E-state index is 0.306. The maximum absolute atomic E-state index is 12.8. The summed E-state index contributed by atoms with van der Waals surface area (Å²) in [4.78, 5) is 12.4. The Hall–Kier alpha value is -0.990. The number of hydrogen-bond acceptors (Lipinski definition) is 2. The fourth-order valence-corrected chi connectivity index (χ4v) is 2.34. The summed E-state index contributed by atoms with van der Waals surface area (Å²) in [5.41, 5.74) is -3.78. The number of amides is 1. The van der Waals surface area contributed by atoms with Crippen LogP contribution in [0.5, 0.6) is 0 Å². The van der Waals surface area contributed by atoms with Crippen molar-refractivity contribution in [3.8, 4) is 0 Å². The molecule has 0 unspecified atom stereocenters. The van der Waals surface area contributed by atoms with Crippen LogP contribution in [-0.4, -0.2) is 49.3 Å². The quantitative estimate of drug-likeness (QED) is 0.743. The molecule has 1 N–H and O–H groups in total. The average Bonchev–Trinajstić information content (AvgIpc) is 2.57. The minimum Gasteiger partial charge on any atom is -0.341 e. The number of halogens is 6. The topological polar surface area (TPSA) is 32.3 Å². The van der Waals surface area contributed by atoms with Crippen molar-refractivity contribution in [3.05, 3.63) is 0 Å². The van der Waals surface area contributed by atoms with Crippen LogP contribution in [0.2, 0.25) is 0 Å². The van der Waals surface area contributed by atoms with Gasteiger partial charge in [-0.15, -0.1) is 0 Å². The molecular formula is C10H12F6N2O. The van der Waals surface area contributed by atoms with Crippen LogP contribution in [0.4, 0.5) is 26.3 Å². The normalized spacial score (nSPS) is 24.4. The molecule has 2 rings (SSSR count). The molecule has 110 valence electrons. The maximum atomic E-state index is 12.8. The lowest BCUT2D eigenvalue weighted by atomic mass is 9.85. The molecule has 0 atom stereocenters. The first-order valence-electron chi connectivity index (χ1n) is 5.71. The third-order valence-corrected chi connectivity index (χ3v) is 3.80. The molecule has 0 aliphatic carbocycles.